The van der Waals surface area contributed by atoms with Crippen molar-refractivity contribution in [2.45, 2.75) is 13.0 Å². The Morgan fingerprint density at radius 2 is 1.85 bits per heavy atom. The lowest BCUT2D eigenvalue weighted by Gasteiger charge is -2.11. The first-order valence-electron chi connectivity index (χ1n) is 8.64. The molecular formula is C22H21N3O. The van der Waals surface area contributed by atoms with E-state index in [-0.39, 0.29) is 6.04 Å². The number of aromatic nitrogens is 2. The number of fused-ring (bicyclic) bond motifs is 1. The number of para-hydroxylation sites is 1. The van der Waals surface area contributed by atoms with E-state index in [1.165, 1.54) is 0 Å². The van der Waals surface area contributed by atoms with Gasteiger partial charge in [0.2, 0.25) is 0 Å². The zero-order valence-corrected chi connectivity index (χ0v) is 14.9. The molecule has 4 aromatic rings. The van der Waals surface area contributed by atoms with Gasteiger partial charge in [-0.15, -0.1) is 0 Å². The summed E-state index contributed by atoms with van der Waals surface area (Å²) in [5, 5.41) is 0. The molecule has 0 aliphatic heterocycles. The Bertz CT molecular complexity index is 1070. The van der Waals surface area contributed by atoms with Crippen molar-refractivity contribution < 1.29 is 4.74 Å². The van der Waals surface area contributed by atoms with Crippen LogP contribution in [-0.2, 0) is 0 Å². The summed E-state index contributed by atoms with van der Waals surface area (Å²) in [6.45, 7) is 1.98. The van der Waals surface area contributed by atoms with E-state index in [1.54, 1.807) is 7.11 Å². The molecule has 0 aliphatic carbocycles. The highest BCUT2D eigenvalue weighted by Gasteiger charge is 2.10. The lowest BCUT2D eigenvalue weighted by Crippen LogP contribution is -2.04. The number of methoxy groups -OCH3 is 1. The number of nitrogens with zero attached hydrogens (tertiary/aromatic N) is 2. The average molecular weight is 343 g/mol. The van der Waals surface area contributed by atoms with E-state index in [2.05, 4.69) is 58.1 Å². The van der Waals surface area contributed by atoms with Crippen LogP contribution in [0, 0.1) is 0 Å². The van der Waals surface area contributed by atoms with Crippen LogP contribution in [0.5, 0.6) is 5.75 Å². The smallest absolute Gasteiger partial charge is 0.126 e. The predicted molar refractivity (Wildman–Crippen MR) is 106 cm³/mol. The number of ether oxygens (including phenoxy) is 1. The summed E-state index contributed by atoms with van der Waals surface area (Å²) >= 11 is 0. The van der Waals surface area contributed by atoms with Crippen LogP contribution in [0.4, 0.5) is 0 Å². The molecule has 0 bridgehead atoms. The Hall–Kier alpha value is -3.11. The largest absolute Gasteiger partial charge is 0.496 e. The van der Waals surface area contributed by atoms with Crippen molar-refractivity contribution >= 4 is 11.0 Å². The Morgan fingerprint density at radius 1 is 1.00 bits per heavy atom. The van der Waals surface area contributed by atoms with E-state index < -0.39 is 0 Å². The lowest BCUT2D eigenvalue weighted by molar-refractivity contribution is 0.416. The second kappa shape index (κ2) is 6.65. The van der Waals surface area contributed by atoms with Gasteiger partial charge in [0.25, 0.3) is 0 Å². The highest BCUT2D eigenvalue weighted by atomic mass is 16.5. The van der Waals surface area contributed by atoms with Crippen LogP contribution in [0.25, 0.3) is 27.8 Å². The molecule has 4 nitrogen and oxygen atoms in total. The summed E-state index contributed by atoms with van der Waals surface area (Å²) in [6, 6.07) is 22.6. The Kier molecular flexibility index (Phi) is 4.19. The van der Waals surface area contributed by atoms with E-state index >= 15 is 0 Å². The maximum Gasteiger partial charge on any atom is 0.126 e. The summed E-state index contributed by atoms with van der Waals surface area (Å²) in [5.74, 6) is 0.863. The molecule has 26 heavy (non-hydrogen) atoms. The number of imidazole rings is 1. The fraction of sp³-hybridized carbons (Fsp3) is 0.136. The van der Waals surface area contributed by atoms with Crippen LogP contribution in [0.1, 0.15) is 18.5 Å². The summed E-state index contributed by atoms with van der Waals surface area (Å²) in [7, 11) is 1.70. The molecule has 0 amide bonds. The minimum absolute atomic E-state index is 0.00146. The van der Waals surface area contributed by atoms with Crippen molar-refractivity contribution in [1.82, 2.24) is 9.55 Å². The molecule has 2 N–H and O–H groups in total. The second-order valence-electron chi connectivity index (χ2n) is 6.40. The van der Waals surface area contributed by atoms with Crippen molar-refractivity contribution in [1.29, 1.82) is 0 Å². The lowest BCUT2D eigenvalue weighted by atomic mass is 10.0. The van der Waals surface area contributed by atoms with Gasteiger partial charge in [0.15, 0.2) is 0 Å². The molecule has 1 heterocycles. The third-order valence-electron chi connectivity index (χ3n) is 4.64. The zero-order valence-electron chi connectivity index (χ0n) is 14.9. The van der Waals surface area contributed by atoms with Crippen molar-refractivity contribution in [2.75, 3.05) is 7.11 Å². The molecule has 3 aromatic carbocycles. The second-order valence-corrected chi connectivity index (χ2v) is 6.40. The van der Waals surface area contributed by atoms with Crippen LogP contribution in [0.3, 0.4) is 0 Å². The van der Waals surface area contributed by atoms with E-state index in [4.69, 9.17) is 10.5 Å². The summed E-state index contributed by atoms with van der Waals surface area (Å²) in [6.07, 6.45) is 1.86. The van der Waals surface area contributed by atoms with E-state index in [9.17, 15) is 0 Å². The molecule has 1 atom stereocenters. The van der Waals surface area contributed by atoms with Crippen molar-refractivity contribution in [3.63, 3.8) is 0 Å². The van der Waals surface area contributed by atoms with E-state index in [0.717, 1.165) is 39.2 Å². The molecule has 1 unspecified atom stereocenters. The first-order valence-corrected chi connectivity index (χ1v) is 8.64. The fourth-order valence-electron chi connectivity index (χ4n) is 3.23. The average Bonchev–Trinajstić information content (AvgIpc) is 3.11. The Balaban J connectivity index is 1.81. The van der Waals surface area contributed by atoms with Crippen molar-refractivity contribution in [3.05, 3.63) is 78.6 Å². The highest BCUT2D eigenvalue weighted by Crippen LogP contribution is 2.31. The number of benzene rings is 3. The highest BCUT2D eigenvalue weighted by molar-refractivity contribution is 5.79. The van der Waals surface area contributed by atoms with Gasteiger partial charge >= 0.3 is 0 Å². The van der Waals surface area contributed by atoms with Crippen molar-refractivity contribution in [3.8, 4) is 22.6 Å². The Morgan fingerprint density at radius 3 is 2.65 bits per heavy atom. The van der Waals surface area contributed by atoms with Gasteiger partial charge in [-0.3, -0.25) is 4.57 Å². The van der Waals surface area contributed by atoms with Crippen LogP contribution in [-0.4, -0.2) is 16.7 Å². The molecule has 4 heteroatoms. The van der Waals surface area contributed by atoms with Gasteiger partial charge in [-0.2, -0.15) is 0 Å². The van der Waals surface area contributed by atoms with Crippen LogP contribution >= 0.6 is 0 Å². The normalized spacial score (nSPS) is 12.3. The first-order chi connectivity index (χ1) is 12.7. The van der Waals surface area contributed by atoms with Gasteiger partial charge < -0.3 is 10.5 Å². The monoisotopic (exact) mass is 343 g/mol. The molecule has 0 radical (unpaired) electrons. The molecule has 130 valence electrons. The van der Waals surface area contributed by atoms with E-state index in [0.29, 0.717) is 0 Å². The minimum Gasteiger partial charge on any atom is -0.496 e. The predicted octanol–water partition coefficient (Wildman–Crippen LogP) is 4.72. The fourth-order valence-corrected chi connectivity index (χ4v) is 3.23. The third kappa shape index (κ3) is 2.85. The van der Waals surface area contributed by atoms with Gasteiger partial charge in [-0.05, 0) is 48.4 Å². The summed E-state index contributed by atoms with van der Waals surface area (Å²) in [4.78, 5) is 4.56. The summed E-state index contributed by atoms with van der Waals surface area (Å²) in [5.41, 5.74) is 12.3. The topological polar surface area (TPSA) is 53.1 Å². The maximum atomic E-state index is 5.99. The van der Waals surface area contributed by atoms with Crippen molar-refractivity contribution in [2.24, 2.45) is 5.73 Å². The molecule has 0 fully saturated rings. The molecule has 0 saturated heterocycles. The number of nitrogens with two attached hydrogens (primary N) is 1. The Labute approximate surface area is 152 Å². The summed E-state index contributed by atoms with van der Waals surface area (Å²) < 4.78 is 7.60. The van der Waals surface area contributed by atoms with Gasteiger partial charge in [0.05, 0.1) is 18.1 Å². The number of hydrogen-bond acceptors (Lipinski definition) is 3. The minimum atomic E-state index is -0.00146. The third-order valence-corrected chi connectivity index (χ3v) is 4.64. The molecule has 0 aliphatic rings. The van der Waals surface area contributed by atoms with Gasteiger partial charge in [0.1, 0.15) is 12.1 Å². The molecule has 0 spiro atoms. The molecular weight excluding hydrogens is 322 g/mol. The standard InChI is InChI=1S/C22H21N3O/c1-15(23)16-10-11-21-20(13-16)24-14-25(21)18-7-5-6-17(12-18)19-8-3-4-9-22(19)26-2/h3-15H,23H2,1-2H3. The maximum absolute atomic E-state index is 5.99. The zero-order chi connectivity index (χ0) is 18.1. The van der Waals surface area contributed by atoms with Crippen LogP contribution < -0.4 is 10.5 Å². The first kappa shape index (κ1) is 16.4. The van der Waals surface area contributed by atoms with E-state index in [1.807, 2.05) is 31.5 Å². The quantitative estimate of drug-likeness (QED) is 0.583. The van der Waals surface area contributed by atoms with Crippen LogP contribution in [0.2, 0.25) is 0 Å². The molecule has 0 saturated carbocycles. The van der Waals surface area contributed by atoms with Gasteiger partial charge in [-0.1, -0.05) is 36.4 Å². The molecule has 1 aromatic heterocycles. The SMILES string of the molecule is COc1ccccc1-c1cccc(-n2cnc3cc(C(C)N)ccc32)c1. The number of hydrogen-bond donors (Lipinski definition) is 1. The van der Waals surface area contributed by atoms with Gasteiger partial charge in [0, 0.05) is 17.3 Å². The van der Waals surface area contributed by atoms with Crippen LogP contribution in [0.15, 0.2) is 73.1 Å². The molecule has 4 rings (SSSR count). The number of rotatable bonds is 4. The van der Waals surface area contributed by atoms with Gasteiger partial charge in [-0.25, -0.2) is 4.98 Å².